The SMILES string of the molecule is CC(C)N(C)C(C)C(=O)N(C)[C@@H](CC1CCCCC1)C(=O)NCc1ccc(N)nc1. The van der Waals surface area contributed by atoms with Crippen LogP contribution in [0.2, 0.25) is 0 Å². The van der Waals surface area contributed by atoms with Crippen LogP contribution in [0.4, 0.5) is 5.82 Å². The highest BCUT2D eigenvalue weighted by Crippen LogP contribution is 2.29. The number of likely N-dealkylation sites (N-methyl/N-ethyl adjacent to an activating group) is 2. The monoisotopic (exact) mass is 417 g/mol. The van der Waals surface area contributed by atoms with Gasteiger partial charge in [0.25, 0.3) is 0 Å². The summed E-state index contributed by atoms with van der Waals surface area (Å²) in [6, 6.07) is 3.08. The number of anilines is 1. The van der Waals surface area contributed by atoms with Gasteiger partial charge in [0, 0.05) is 25.8 Å². The van der Waals surface area contributed by atoms with Crippen molar-refractivity contribution in [3.63, 3.8) is 0 Å². The van der Waals surface area contributed by atoms with Crippen molar-refractivity contribution in [2.75, 3.05) is 19.8 Å². The predicted octanol–water partition coefficient (Wildman–Crippen LogP) is 2.81. The van der Waals surface area contributed by atoms with E-state index in [2.05, 4.69) is 24.1 Å². The van der Waals surface area contributed by atoms with Gasteiger partial charge in [-0.05, 0) is 51.8 Å². The van der Waals surface area contributed by atoms with Gasteiger partial charge in [-0.25, -0.2) is 4.98 Å². The van der Waals surface area contributed by atoms with Crippen LogP contribution in [0, 0.1) is 5.92 Å². The number of pyridine rings is 1. The van der Waals surface area contributed by atoms with Crippen LogP contribution in [0.1, 0.15) is 64.9 Å². The summed E-state index contributed by atoms with van der Waals surface area (Å²) in [6.45, 7) is 6.42. The summed E-state index contributed by atoms with van der Waals surface area (Å²) in [4.78, 5) is 34.1. The van der Waals surface area contributed by atoms with Crippen molar-refractivity contribution in [3.8, 4) is 0 Å². The zero-order chi connectivity index (χ0) is 22.3. The summed E-state index contributed by atoms with van der Waals surface area (Å²) in [5, 5.41) is 3.01. The van der Waals surface area contributed by atoms with E-state index in [0.29, 0.717) is 24.7 Å². The van der Waals surface area contributed by atoms with Gasteiger partial charge in [-0.1, -0.05) is 38.2 Å². The normalized spacial score (nSPS) is 17.0. The molecule has 1 aliphatic carbocycles. The van der Waals surface area contributed by atoms with E-state index in [9.17, 15) is 9.59 Å². The van der Waals surface area contributed by atoms with Crippen LogP contribution in [0.25, 0.3) is 0 Å². The highest BCUT2D eigenvalue weighted by molar-refractivity contribution is 5.89. The molecule has 1 aliphatic rings. The molecule has 1 unspecified atom stereocenters. The van der Waals surface area contributed by atoms with Gasteiger partial charge in [0.05, 0.1) is 6.04 Å². The summed E-state index contributed by atoms with van der Waals surface area (Å²) < 4.78 is 0. The van der Waals surface area contributed by atoms with E-state index >= 15 is 0 Å². The maximum Gasteiger partial charge on any atom is 0.243 e. The standard InChI is InChI=1S/C23H39N5O2/c1-16(2)27(4)17(3)23(30)28(5)20(13-18-9-7-6-8-10-18)22(29)26-15-19-11-12-21(24)25-14-19/h11-12,14,16-18,20H,6-10,13,15H2,1-5H3,(H2,24,25)(H,26,29)/t17?,20-/m0/s1. The zero-order valence-corrected chi connectivity index (χ0v) is 19.2. The quantitative estimate of drug-likeness (QED) is 0.645. The molecule has 2 amide bonds. The van der Waals surface area contributed by atoms with E-state index in [1.807, 2.05) is 24.9 Å². The average Bonchev–Trinajstić information content (AvgIpc) is 2.75. The molecule has 2 atom stereocenters. The van der Waals surface area contributed by atoms with Gasteiger partial charge in [0.1, 0.15) is 11.9 Å². The predicted molar refractivity (Wildman–Crippen MR) is 121 cm³/mol. The number of nitrogens with one attached hydrogen (secondary N) is 1. The molecule has 0 spiro atoms. The van der Waals surface area contributed by atoms with Gasteiger partial charge in [-0.3, -0.25) is 14.5 Å². The number of carbonyl (C=O) groups excluding carboxylic acids is 2. The summed E-state index contributed by atoms with van der Waals surface area (Å²) >= 11 is 0. The molecule has 1 fully saturated rings. The molecule has 0 aliphatic heterocycles. The van der Waals surface area contributed by atoms with Crippen LogP contribution in [-0.4, -0.2) is 58.8 Å². The minimum Gasteiger partial charge on any atom is -0.384 e. The van der Waals surface area contributed by atoms with Crippen molar-refractivity contribution in [3.05, 3.63) is 23.9 Å². The summed E-state index contributed by atoms with van der Waals surface area (Å²) in [6.07, 6.45) is 8.33. The molecule has 0 aromatic carbocycles. The molecule has 1 aromatic rings. The van der Waals surface area contributed by atoms with Crippen LogP contribution in [0.5, 0.6) is 0 Å². The molecule has 2 rings (SSSR count). The Balaban J connectivity index is 2.10. The Kier molecular flexibility index (Phi) is 9.08. The fourth-order valence-electron chi connectivity index (χ4n) is 4.10. The lowest BCUT2D eigenvalue weighted by atomic mass is 9.84. The summed E-state index contributed by atoms with van der Waals surface area (Å²) in [7, 11) is 3.72. The van der Waals surface area contributed by atoms with Crippen LogP contribution in [0.3, 0.4) is 0 Å². The lowest BCUT2D eigenvalue weighted by Gasteiger charge is -2.36. The highest BCUT2D eigenvalue weighted by atomic mass is 16.2. The van der Waals surface area contributed by atoms with Crippen molar-refractivity contribution in [1.29, 1.82) is 0 Å². The minimum atomic E-state index is -0.467. The first-order valence-corrected chi connectivity index (χ1v) is 11.2. The van der Waals surface area contributed by atoms with Crippen LogP contribution < -0.4 is 11.1 Å². The molecule has 30 heavy (non-hydrogen) atoms. The van der Waals surface area contributed by atoms with E-state index in [1.165, 1.54) is 19.3 Å². The largest absolute Gasteiger partial charge is 0.384 e. The molecule has 168 valence electrons. The summed E-state index contributed by atoms with van der Waals surface area (Å²) in [5.41, 5.74) is 6.52. The van der Waals surface area contributed by atoms with Crippen molar-refractivity contribution < 1.29 is 9.59 Å². The van der Waals surface area contributed by atoms with Crippen LogP contribution >= 0.6 is 0 Å². The average molecular weight is 418 g/mol. The first kappa shape index (κ1) is 24.1. The molecule has 3 N–H and O–H groups in total. The number of aromatic nitrogens is 1. The van der Waals surface area contributed by atoms with Gasteiger partial charge in [0.2, 0.25) is 11.8 Å². The Hall–Kier alpha value is -2.15. The third kappa shape index (κ3) is 6.69. The van der Waals surface area contributed by atoms with E-state index in [-0.39, 0.29) is 23.9 Å². The number of amides is 2. The smallest absolute Gasteiger partial charge is 0.243 e. The molecule has 1 saturated carbocycles. The number of nitrogens with two attached hydrogens (primary N) is 1. The van der Waals surface area contributed by atoms with Crippen LogP contribution in [-0.2, 0) is 16.1 Å². The Bertz CT molecular complexity index is 685. The Labute approximate surface area is 181 Å². The van der Waals surface area contributed by atoms with Gasteiger partial charge < -0.3 is 16.0 Å². The van der Waals surface area contributed by atoms with Crippen LogP contribution in [0.15, 0.2) is 18.3 Å². The van der Waals surface area contributed by atoms with Crippen molar-refractivity contribution in [2.45, 2.75) is 84.0 Å². The molecule has 7 heteroatoms. The number of rotatable bonds is 9. The maximum absolute atomic E-state index is 13.2. The number of hydrogen-bond acceptors (Lipinski definition) is 5. The number of carbonyl (C=O) groups is 2. The third-order valence-electron chi connectivity index (χ3n) is 6.50. The second-order valence-electron chi connectivity index (χ2n) is 8.95. The zero-order valence-electron chi connectivity index (χ0n) is 19.2. The van der Waals surface area contributed by atoms with Gasteiger partial charge in [0.15, 0.2) is 0 Å². The Morgan fingerprint density at radius 1 is 1.17 bits per heavy atom. The van der Waals surface area contributed by atoms with Gasteiger partial charge >= 0.3 is 0 Å². The Morgan fingerprint density at radius 2 is 1.83 bits per heavy atom. The van der Waals surface area contributed by atoms with E-state index in [4.69, 9.17) is 5.73 Å². The fourth-order valence-corrected chi connectivity index (χ4v) is 4.10. The second kappa shape index (κ2) is 11.3. The number of nitrogens with zero attached hydrogens (tertiary/aromatic N) is 3. The molecule has 0 saturated heterocycles. The van der Waals surface area contributed by atoms with Crippen molar-refractivity contribution >= 4 is 17.6 Å². The molecular formula is C23H39N5O2. The van der Waals surface area contributed by atoms with Crippen molar-refractivity contribution in [2.24, 2.45) is 5.92 Å². The maximum atomic E-state index is 13.2. The first-order chi connectivity index (χ1) is 14.2. The Morgan fingerprint density at radius 3 is 2.40 bits per heavy atom. The molecule has 7 nitrogen and oxygen atoms in total. The molecule has 0 radical (unpaired) electrons. The topological polar surface area (TPSA) is 91.6 Å². The summed E-state index contributed by atoms with van der Waals surface area (Å²) in [5.74, 6) is 0.818. The molecule has 1 heterocycles. The van der Waals surface area contributed by atoms with Crippen molar-refractivity contribution in [1.82, 2.24) is 20.1 Å². The lowest BCUT2D eigenvalue weighted by Crippen LogP contribution is -2.54. The van der Waals surface area contributed by atoms with E-state index in [0.717, 1.165) is 18.4 Å². The van der Waals surface area contributed by atoms with E-state index in [1.54, 1.807) is 24.2 Å². The molecular weight excluding hydrogens is 378 g/mol. The first-order valence-electron chi connectivity index (χ1n) is 11.2. The third-order valence-corrected chi connectivity index (χ3v) is 6.50. The molecule has 1 aromatic heterocycles. The fraction of sp³-hybridized carbons (Fsp3) is 0.696. The lowest BCUT2D eigenvalue weighted by molar-refractivity contribution is -0.143. The van der Waals surface area contributed by atoms with Gasteiger partial charge in [-0.15, -0.1) is 0 Å². The number of nitrogen functional groups attached to an aromatic ring is 1. The van der Waals surface area contributed by atoms with Gasteiger partial charge in [-0.2, -0.15) is 0 Å². The highest BCUT2D eigenvalue weighted by Gasteiger charge is 2.33. The molecule has 0 bridgehead atoms. The van der Waals surface area contributed by atoms with E-state index < -0.39 is 6.04 Å². The second-order valence-corrected chi connectivity index (χ2v) is 8.95. The number of hydrogen-bond donors (Lipinski definition) is 2. The minimum absolute atomic E-state index is 0.0173.